The molecule has 6 heteroatoms. The first-order chi connectivity index (χ1) is 10.1. The van der Waals surface area contributed by atoms with E-state index in [9.17, 15) is 9.18 Å². The summed E-state index contributed by atoms with van der Waals surface area (Å²) in [6.45, 7) is 0.345. The van der Waals surface area contributed by atoms with Gasteiger partial charge in [0, 0.05) is 16.1 Å². The Morgan fingerprint density at radius 1 is 1.24 bits per heavy atom. The van der Waals surface area contributed by atoms with Gasteiger partial charge in [0.2, 0.25) is 0 Å². The summed E-state index contributed by atoms with van der Waals surface area (Å²) in [7, 11) is 0. The molecule has 0 aliphatic rings. The highest BCUT2D eigenvalue weighted by atomic mass is 35.5. The van der Waals surface area contributed by atoms with E-state index in [0.29, 0.717) is 11.6 Å². The molecule has 0 aliphatic carbocycles. The standard InChI is InChI=1S/C15H14ClFN2O2/c16-13-3-1-2-10(6-13)8-21-9-12-7-11(15(20)19-18)4-5-14(12)17/h1-7H,8-9,18H2,(H,19,20). The molecule has 4 nitrogen and oxygen atoms in total. The molecule has 2 rings (SSSR count). The quantitative estimate of drug-likeness (QED) is 0.507. The third-order valence-electron chi connectivity index (χ3n) is 2.85. The molecule has 2 aromatic carbocycles. The Labute approximate surface area is 126 Å². The van der Waals surface area contributed by atoms with E-state index in [4.69, 9.17) is 22.2 Å². The SMILES string of the molecule is NNC(=O)c1ccc(F)c(COCc2cccc(Cl)c2)c1. The number of hydrazine groups is 1. The van der Waals surface area contributed by atoms with Gasteiger partial charge in [0.25, 0.3) is 5.91 Å². The van der Waals surface area contributed by atoms with Gasteiger partial charge in [-0.15, -0.1) is 0 Å². The Balaban J connectivity index is 2.01. The van der Waals surface area contributed by atoms with Crippen molar-refractivity contribution in [2.75, 3.05) is 0 Å². The first-order valence-corrected chi connectivity index (χ1v) is 6.59. The van der Waals surface area contributed by atoms with Crippen molar-refractivity contribution < 1.29 is 13.9 Å². The number of carbonyl (C=O) groups excluding carboxylic acids is 1. The van der Waals surface area contributed by atoms with Crippen LogP contribution in [0.5, 0.6) is 0 Å². The van der Waals surface area contributed by atoms with Gasteiger partial charge in [-0.3, -0.25) is 10.2 Å². The van der Waals surface area contributed by atoms with Crippen LogP contribution in [0.1, 0.15) is 21.5 Å². The largest absolute Gasteiger partial charge is 0.372 e. The van der Waals surface area contributed by atoms with Crippen molar-refractivity contribution in [1.29, 1.82) is 0 Å². The molecule has 3 N–H and O–H groups in total. The van der Waals surface area contributed by atoms with Gasteiger partial charge in [0.15, 0.2) is 0 Å². The molecule has 0 saturated heterocycles. The minimum atomic E-state index is -0.480. The first-order valence-electron chi connectivity index (χ1n) is 6.21. The van der Waals surface area contributed by atoms with Gasteiger partial charge in [0.05, 0.1) is 13.2 Å². The summed E-state index contributed by atoms with van der Waals surface area (Å²) in [6, 6.07) is 11.2. The van der Waals surface area contributed by atoms with Crippen molar-refractivity contribution in [3.8, 4) is 0 Å². The highest BCUT2D eigenvalue weighted by Crippen LogP contribution is 2.15. The van der Waals surface area contributed by atoms with Gasteiger partial charge >= 0.3 is 0 Å². The van der Waals surface area contributed by atoms with Crippen LogP contribution in [0.3, 0.4) is 0 Å². The summed E-state index contributed by atoms with van der Waals surface area (Å²) in [4.78, 5) is 11.4. The number of nitrogens with two attached hydrogens (primary N) is 1. The highest BCUT2D eigenvalue weighted by molar-refractivity contribution is 6.30. The van der Waals surface area contributed by atoms with Gasteiger partial charge < -0.3 is 4.74 Å². The fourth-order valence-electron chi connectivity index (χ4n) is 1.82. The average Bonchev–Trinajstić information content (AvgIpc) is 2.48. The second-order valence-electron chi connectivity index (χ2n) is 4.40. The predicted molar refractivity (Wildman–Crippen MR) is 78.0 cm³/mol. The van der Waals surface area contributed by atoms with Crippen LogP contribution in [0, 0.1) is 5.82 Å². The Hall–Kier alpha value is -1.95. The first kappa shape index (κ1) is 15.4. The zero-order valence-electron chi connectivity index (χ0n) is 11.1. The van der Waals surface area contributed by atoms with E-state index in [-0.39, 0.29) is 17.7 Å². The second-order valence-corrected chi connectivity index (χ2v) is 4.84. The lowest BCUT2D eigenvalue weighted by Gasteiger charge is -2.08. The molecule has 0 bridgehead atoms. The molecule has 1 amide bonds. The number of carbonyl (C=O) groups is 1. The molecule has 0 unspecified atom stereocenters. The van der Waals surface area contributed by atoms with Crippen molar-refractivity contribution in [2.24, 2.45) is 5.84 Å². The fraction of sp³-hybridized carbons (Fsp3) is 0.133. The maximum atomic E-state index is 13.7. The highest BCUT2D eigenvalue weighted by Gasteiger charge is 2.09. The molecule has 0 fully saturated rings. The lowest BCUT2D eigenvalue weighted by Crippen LogP contribution is -2.30. The molecular formula is C15H14ClFN2O2. The predicted octanol–water partition coefficient (Wildman–Crippen LogP) is 2.80. The third kappa shape index (κ3) is 4.26. The summed E-state index contributed by atoms with van der Waals surface area (Å²) in [5, 5.41) is 0.615. The number of hydrogen-bond donors (Lipinski definition) is 2. The zero-order valence-corrected chi connectivity index (χ0v) is 11.9. The number of benzene rings is 2. The van der Waals surface area contributed by atoms with E-state index in [2.05, 4.69) is 0 Å². The monoisotopic (exact) mass is 308 g/mol. The molecule has 0 aliphatic heterocycles. The molecule has 0 saturated carbocycles. The number of halogens is 2. The number of amides is 1. The van der Waals surface area contributed by atoms with Crippen LogP contribution in [-0.2, 0) is 18.0 Å². The molecule has 2 aromatic rings. The number of ether oxygens (including phenoxy) is 1. The van der Waals surface area contributed by atoms with Crippen LogP contribution in [0.4, 0.5) is 4.39 Å². The van der Waals surface area contributed by atoms with Gasteiger partial charge in [0.1, 0.15) is 5.82 Å². The average molecular weight is 309 g/mol. The maximum absolute atomic E-state index is 13.7. The summed E-state index contributed by atoms with van der Waals surface area (Å²) in [6.07, 6.45) is 0. The van der Waals surface area contributed by atoms with Gasteiger partial charge in [-0.2, -0.15) is 0 Å². The van der Waals surface area contributed by atoms with Crippen molar-refractivity contribution in [2.45, 2.75) is 13.2 Å². The van der Waals surface area contributed by atoms with Crippen molar-refractivity contribution in [3.63, 3.8) is 0 Å². The number of rotatable bonds is 5. The number of nitrogen functional groups attached to an aromatic ring is 1. The molecule has 0 aromatic heterocycles. The Morgan fingerprint density at radius 2 is 2.05 bits per heavy atom. The third-order valence-corrected chi connectivity index (χ3v) is 3.09. The normalized spacial score (nSPS) is 10.4. The molecular weight excluding hydrogens is 295 g/mol. The maximum Gasteiger partial charge on any atom is 0.265 e. The smallest absolute Gasteiger partial charge is 0.265 e. The van der Waals surface area contributed by atoms with E-state index in [0.717, 1.165) is 5.56 Å². The van der Waals surface area contributed by atoms with Crippen LogP contribution < -0.4 is 11.3 Å². The Morgan fingerprint density at radius 3 is 2.76 bits per heavy atom. The van der Waals surface area contributed by atoms with E-state index in [1.165, 1.54) is 18.2 Å². The lowest BCUT2D eigenvalue weighted by atomic mass is 10.1. The summed E-state index contributed by atoms with van der Waals surface area (Å²) in [5.41, 5.74) is 3.45. The van der Waals surface area contributed by atoms with Crippen LogP contribution in [-0.4, -0.2) is 5.91 Å². The van der Waals surface area contributed by atoms with E-state index < -0.39 is 11.7 Å². The molecule has 0 spiro atoms. The Kier molecular flexibility index (Phi) is 5.27. The van der Waals surface area contributed by atoms with E-state index in [1.807, 2.05) is 17.6 Å². The number of nitrogens with one attached hydrogen (secondary N) is 1. The van der Waals surface area contributed by atoms with E-state index >= 15 is 0 Å². The van der Waals surface area contributed by atoms with Gasteiger partial charge in [-0.1, -0.05) is 23.7 Å². The molecule has 0 heterocycles. The molecule has 21 heavy (non-hydrogen) atoms. The van der Waals surface area contributed by atoms with Gasteiger partial charge in [-0.25, -0.2) is 10.2 Å². The molecule has 0 radical (unpaired) electrons. The van der Waals surface area contributed by atoms with Crippen LogP contribution in [0.15, 0.2) is 42.5 Å². The van der Waals surface area contributed by atoms with Crippen LogP contribution in [0.25, 0.3) is 0 Å². The summed E-state index contributed by atoms with van der Waals surface area (Å²) < 4.78 is 19.1. The second kappa shape index (κ2) is 7.17. The molecule has 0 atom stereocenters. The minimum Gasteiger partial charge on any atom is -0.372 e. The van der Waals surface area contributed by atoms with Crippen LogP contribution >= 0.6 is 11.6 Å². The number of hydrogen-bond acceptors (Lipinski definition) is 3. The fourth-order valence-corrected chi connectivity index (χ4v) is 2.03. The van der Waals surface area contributed by atoms with Gasteiger partial charge in [-0.05, 0) is 35.9 Å². The Bertz CT molecular complexity index is 649. The topological polar surface area (TPSA) is 64.3 Å². The van der Waals surface area contributed by atoms with Crippen molar-refractivity contribution >= 4 is 17.5 Å². The summed E-state index contributed by atoms with van der Waals surface area (Å²) >= 11 is 5.87. The van der Waals surface area contributed by atoms with E-state index in [1.54, 1.807) is 12.1 Å². The summed E-state index contributed by atoms with van der Waals surface area (Å²) in [5.74, 6) is 4.13. The minimum absolute atomic E-state index is 0.0457. The molecule has 110 valence electrons. The zero-order chi connectivity index (χ0) is 15.2. The van der Waals surface area contributed by atoms with Crippen molar-refractivity contribution in [1.82, 2.24) is 5.43 Å². The van der Waals surface area contributed by atoms with Crippen molar-refractivity contribution in [3.05, 3.63) is 70.0 Å². The van der Waals surface area contributed by atoms with Crippen LogP contribution in [0.2, 0.25) is 5.02 Å². The lowest BCUT2D eigenvalue weighted by molar-refractivity contribution is 0.0950.